The molecule has 1 saturated heterocycles. The first-order chi connectivity index (χ1) is 6.87. The van der Waals surface area contributed by atoms with Crippen molar-refractivity contribution in [3.8, 4) is 0 Å². The third-order valence-corrected chi connectivity index (χ3v) is 4.07. The maximum Gasteiger partial charge on any atom is 0.0964 e. The number of rotatable bonds is 5. The number of hydrogen-bond acceptors (Lipinski definition) is 3. The zero-order valence-corrected chi connectivity index (χ0v) is 9.78. The minimum atomic E-state index is 0.136. The fourth-order valence-electron chi connectivity index (χ4n) is 2.49. The molecule has 2 fully saturated rings. The molecule has 0 amide bonds. The Balaban J connectivity index is 1.72. The molecule has 1 aliphatic heterocycles. The Morgan fingerprint density at radius 3 is 3.07 bits per heavy atom. The molecule has 0 aromatic rings. The van der Waals surface area contributed by atoms with E-state index in [4.69, 9.17) is 9.47 Å². The zero-order chi connectivity index (χ0) is 9.86. The first-order valence-electron chi connectivity index (χ1n) is 5.58. The molecule has 2 unspecified atom stereocenters. The summed E-state index contributed by atoms with van der Waals surface area (Å²) in [5, 5.41) is 0. The SMILES string of the molecule is CSCCOCC12CCCCC1CO2. The van der Waals surface area contributed by atoms with Crippen LogP contribution in [0, 0.1) is 5.92 Å². The van der Waals surface area contributed by atoms with E-state index >= 15 is 0 Å². The van der Waals surface area contributed by atoms with Gasteiger partial charge in [-0.15, -0.1) is 0 Å². The molecule has 0 aromatic carbocycles. The molecule has 2 rings (SSSR count). The molecular formula is C11H20O2S. The summed E-state index contributed by atoms with van der Waals surface area (Å²) in [6, 6.07) is 0. The summed E-state index contributed by atoms with van der Waals surface area (Å²) in [5.74, 6) is 1.89. The maximum absolute atomic E-state index is 5.77. The normalized spacial score (nSPS) is 36.2. The Bertz CT molecular complexity index is 186. The maximum atomic E-state index is 5.77. The second-order valence-electron chi connectivity index (χ2n) is 4.36. The molecule has 0 radical (unpaired) electrons. The van der Waals surface area contributed by atoms with E-state index in [2.05, 4.69) is 6.26 Å². The van der Waals surface area contributed by atoms with E-state index in [1.807, 2.05) is 11.8 Å². The summed E-state index contributed by atoms with van der Waals surface area (Å²) < 4.78 is 11.5. The summed E-state index contributed by atoms with van der Waals surface area (Å²) in [7, 11) is 0. The van der Waals surface area contributed by atoms with E-state index in [1.165, 1.54) is 25.7 Å². The van der Waals surface area contributed by atoms with Crippen molar-refractivity contribution in [3.05, 3.63) is 0 Å². The number of ether oxygens (including phenoxy) is 2. The molecule has 2 atom stereocenters. The van der Waals surface area contributed by atoms with Gasteiger partial charge in [-0.2, -0.15) is 11.8 Å². The summed E-state index contributed by atoms with van der Waals surface area (Å²) >= 11 is 1.84. The van der Waals surface area contributed by atoms with Gasteiger partial charge in [-0.25, -0.2) is 0 Å². The van der Waals surface area contributed by atoms with Gasteiger partial charge in [0.25, 0.3) is 0 Å². The lowest BCUT2D eigenvalue weighted by Gasteiger charge is -2.52. The van der Waals surface area contributed by atoms with Gasteiger partial charge in [0.2, 0.25) is 0 Å². The minimum Gasteiger partial charge on any atom is -0.378 e. The van der Waals surface area contributed by atoms with Crippen molar-refractivity contribution in [1.29, 1.82) is 0 Å². The summed E-state index contributed by atoms with van der Waals surface area (Å²) in [6.07, 6.45) is 7.40. The minimum absolute atomic E-state index is 0.136. The molecule has 0 bridgehead atoms. The van der Waals surface area contributed by atoms with Gasteiger partial charge in [-0.05, 0) is 19.1 Å². The van der Waals surface area contributed by atoms with Crippen molar-refractivity contribution < 1.29 is 9.47 Å². The molecule has 2 aliphatic rings. The van der Waals surface area contributed by atoms with Crippen LogP contribution >= 0.6 is 11.8 Å². The van der Waals surface area contributed by atoms with E-state index in [9.17, 15) is 0 Å². The van der Waals surface area contributed by atoms with E-state index in [0.29, 0.717) is 0 Å². The fourth-order valence-corrected chi connectivity index (χ4v) is 2.78. The van der Waals surface area contributed by atoms with Crippen LogP contribution < -0.4 is 0 Å². The van der Waals surface area contributed by atoms with E-state index in [-0.39, 0.29) is 5.60 Å². The quantitative estimate of drug-likeness (QED) is 0.657. The highest BCUT2D eigenvalue weighted by Gasteiger charge is 2.49. The van der Waals surface area contributed by atoms with Crippen molar-refractivity contribution in [2.45, 2.75) is 31.3 Å². The van der Waals surface area contributed by atoms with Gasteiger partial charge in [0.15, 0.2) is 0 Å². The molecule has 0 N–H and O–H groups in total. The van der Waals surface area contributed by atoms with Crippen LogP contribution in [0.15, 0.2) is 0 Å². The summed E-state index contributed by atoms with van der Waals surface area (Å²) in [4.78, 5) is 0. The monoisotopic (exact) mass is 216 g/mol. The van der Waals surface area contributed by atoms with Gasteiger partial charge in [-0.1, -0.05) is 12.8 Å². The van der Waals surface area contributed by atoms with Crippen molar-refractivity contribution >= 4 is 11.8 Å². The Morgan fingerprint density at radius 1 is 1.50 bits per heavy atom. The molecule has 1 saturated carbocycles. The van der Waals surface area contributed by atoms with Crippen LogP contribution in [0.1, 0.15) is 25.7 Å². The predicted molar refractivity (Wildman–Crippen MR) is 59.8 cm³/mol. The van der Waals surface area contributed by atoms with Crippen LogP contribution in [-0.4, -0.2) is 37.4 Å². The first-order valence-corrected chi connectivity index (χ1v) is 6.97. The lowest BCUT2D eigenvalue weighted by atomic mass is 9.72. The summed E-state index contributed by atoms with van der Waals surface area (Å²) in [6.45, 7) is 2.68. The Morgan fingerprint density at radius 2 is 2.43 bits per heavy atom. The fraction of sp³-hybridized carbons (Fsp3) is 1.00. The molecule has 3 heteroatoms. The van der Waals surface area contributed by atoms with Gasteiger partial charge in [0, 0.05) is 11.7 Å². The number of fused-ring (bicyclic) bond motifs is 1. The molecule has 14 heavy (non-hydrogen) atoms. The topological polar surface area (TPSA) is 18.5 Å². The highest BCUT2D eigenvalue weighted by atomic mass is 32.2. The Hall–Kier alpha value is 0.270. The van der Waals surface area contributed by atoms with Gasteiger partial charge in [0.1, 0.15) is 0 Å². The molecule has 0 spiro atoms. The van der Waals surface area contributed by atoms with Gasteiger partial charge in [0.05, 0.1) is 25.4 Å². The van der Waals surface area contributed by atoms with Crippen molar-refractivity contribution in [1.82, 2.24) is 0 Å². The predicted octanol–water partition coefficient (Wildman–Crippen LogP) is 2.33. The third kappa shape index (κ3) is 2.10. The van der Waals surface area contributed by atoms with Gasteiger partial charge in [-0.3, -0.25) is 0 Å². The number of thioether (sulfide) groups is 1. The van der Waals surface area contributed by atoms with Gasteiger partial charge >= 0.3 is 0 Å². The smallest absolute Gasteiger partial charge is 0.0964 e. The molecular weight excluding hydrogens is 196 g/mol. The van der Waals surface area contributed by atoms with Crippen LogP contribution in [0.3, 0.4) is 0 Å². The highest BCUT2D eigenvalue weighted by molar-refractivity contribution is 7.98. The average Bonchev–Trinajstić information content (AvgIpc) is 2.18. The zero-order valence-electron chi connectivity index (χ0n) is 8.96. The lowest BCUT2D eigenvalue weighted by Crippen LogP contribution is -2.58. The van der Waals surface area contributed by atoms with Crippen LogP contribution in [0.2, 0.25) is 0 Å². The molecule has 1 heterocycles. The van der Waals surface area contributed by atoms with Crippen LogP contribution in [0.4, 0.5) is 0 Å². The molecule has 2 nitrogen and oxygen atoms in total. The summed E-state index contributed by atoms with van der Waals surface area (Å²) in [5.41, 5.74) is 0.136. The second-order valence-corrected chi connectivity index (χ2v) is 5.35. The van der Waals surface area contributed by atoms with Gasteiger partial charge < -0.3 is 9.47 Å². The van der Waals surface area contributed by atoms with Crippen LogP contribution in [0.5, 0.6) is 0 Å². The van der Waals surface area contributed by atoms with Crippen molar-refractivity contribution in [2.75, 3.05) is 31.8 Å². The standard InChI is InChI=1S/C11H20O2S/c1-14-7-6-12-9-11-5-3-2-4-10(11)8-13-11/h10H,2-9H2,1H3. The highest BCUT2D eigenvalue weighted by Crippen LogP contribution is 2.44. The van der Waals surface area contributed by atoms with Crippen molar-refractivity contribution in [2.24, 2.45) is 5.92 Å². The average molecular weight is 216 g/mol. The Kier molecular flexibility index (Phi) is 3.74. The Labute approximate surface area is 90.7 Å². The van der Waals surface area contributed by atoms with E-state index < -0.39 is 0 Å². The molecule has 82 valence electrons. The molecule has 1 aliphatic carbocycles. The van der Waals surface area contributed by atoms with E-state index in [1.54, 1.807) is 0 Å². The van der Waals surface area contributed by atoms with Crippen molar-refractivity contribution in [3.63, 3.8) is 0 Å². The number of hydrogen-bond donors (Lipinski definition) is 0. The second kappa shape index (κ2) is 4.86. The third-order valence-electron chi connectivity index (χ3n) is 3.50. The lowest BCUT2D eigenvalue weighted by molar-refractivity contribution is -0.244. The van der Waals surface area contributed by atoms with Crippen LogP contribution in [-0.2, 0) is 9.47 Å². The first kappa shape index (κ1) is 10.8. The largest absolute Gasteiger partial charge is 0.378 e. The van der Waals surface area contributed by atoms with Crippen LogP contribution in [0.25, 0.3) is 0 Å². The molecule has 0 aromatic heterocycles. The van der Waals surface area contributed by atoms with E-state index in [0.717, 1.165) is 31.5 Å².